The van der Waals surface area contributed by atoms with Crippen LogP contribution < -0.4 is 10.1 Å². The van der Waals surface area contributed by atoms with Gasteiger partial charge in [0.05, 0.1) is 12.7 Å². The van der Waals surface area contributed by atoms with E-state index in [1.54, 1.807) is 14.0 Å². The maximum atomic E-state index is 11.6. The topological polar surface area (TPSA) is 38.3 Å². The number of methoxy groups -OCH3 is 1. The van der Waals surface area contributed by atoms with Crippen LogP contribution in [-0.2, 0) is 5.41 Å². The fraction of sp³-hybridized carbons (Fsp3) is 0.500. The summed E-state index contributed by atoms with van der Waals surface area (Å²) >= 11 is 0. The van der Waals surface area contributed by atoms with Crippen molar-refractivity contribution in [2.45, 2.75) is 18.8 Å². The largest absolute Gasteiger partial charge is 0.496 e. The van der Waals surface area contributed by atoms with Crippen LogP contribution in [0.2, 0.25) is 0 Å². The van der Waals surface area contributed by atoms with Gasteiger partial charge in [0.2, 0.25) is 0 Å². The molecule has 0 radical (unpaired) electrons. The van der Waals surface area contributed by atoms with Crippen LogP contribution in [0, 0.1) is 5.92 Å². The van der Waals surface area contributed by atoms with Crippen LogP contribution in [0.5, 0.6) is 5.75 Å². The van der Waals surface area contributed by atoms with Gasteiger partial charge in [-0.05, 0) is 43.5 Å². The van der Waals surface area contributed by atoms with Gasteiger partial charge < -0.3 is 10.1 Å². The number of rotatable bonds is 3. The van der Waals surface area contributed by atoms with E-state index in [1.165, 1.54) is 12.0 Å². The first kappa shape index (κ1) is 10.8. The highest BCUT2D eigenvalue weighted by molar-refractivity contribution is 5.97. The molecule has 17 heavy (non-hydrogen) atoms. The van der Waals surface area contributed by atoms with Crippen LogP contribution in [0.4, 0.5) is 0 Å². The molecule has 1 saturated heterocycles. The number of fused-ring (bicyclic) bond motifs is 1. The molecule has 0 aromatic heterocycles. The molecule has 1 saturated carbocycles. The third-order valence-corrected chi connectivity index (χ3v) is 4.22. The summed E-state index contributed by atoms with van der Waals surface area (Å²) in [6.45, 7) is 3.75. The van der Waals surface area contributed by atoms with Crippen LogP contribution >= 0.6 is 0 Å². The Hall–Kier alpha value is -1.35. The molecule has 0 amide bonds. The van der Waals surface area contributed by atoms with Gasteiger partial charge in [0.1, 0.15) is 5.75 Å². The zero-order chi connectivity index (χ0) is 12.0. The average molecular weight is 231 g/mol. The molecule has 3 heteroatoms. The molecule has 1 aromatic carbocycles. The molecule has 3 nitrogen and oxygen atoms in total. The predicted octanol–water partition coefficient (Wildman–Crippen LogP) is 1.76. The smallest absolute Gasteiger partial charge is 0.163 e. The molecule has 2 aliphatic rings. The minimum atomic E-state index is 0.0725. The summed E-state index contributed by atoms with van der Waals surface area (Å²) < 4.78 is 5.23. The minimum absolute atomic E-state index is 0.0725. The lowest BCUT2D eigenvalue weighted by Gasteiger charge is -2.15. The van der Waals surface area contributed by atoms with Crippen LogP contribution in [0.1, 0.15) is 29.3 Å². The summed E-state index contributed by atoms with van der Waals surface area (Å²) in [6.07, 6.45) is 1.25. The van der Waals surface area contributed by atoms with Crippen molar-refractivity contribution in [1.82, 2.24) is 5.32 Å². The first-order valence-electron chi connectivity index (χ1n) is 6.07. The Morgan fingerprint density at radius 2 is 2.35 bits per heavy atom. The van der Waals surface area contributed by atoms with Gasteiger partial charge in [0.25, 0.3) is 0 Å². The second-order valence-corrected chi connectivity index (χ2v) is 5.16. The third-order valence-electron chi connectivity index (χ3n) is 4.22. The summed E-state index contributed by atoms with van der Waals surface area (Å²) in [6, 6.07) is 6.06. The molecule has 1 aliphatic heterocycles. The van der Waals surface area contributed by atoms with Crippen molar-refractivity contribution in [2.75, 3.05) is 20.2 Å². The van der Waals surface area contributed by atoms with Crippen LogP contribution in [0.25, 0.3) is 0 Å². The Morgan fingerprint density at radius 1 is 1.53 bits per heavy atom. The number of hydrogen-bond donors (Lipinski definition) is 1. The van der Waals surface area contributed by atoms with Crippen molar-refractivity contribution in [3.8, 4) is 5.75 Å². The molecule has 90 valence electrons. The lowest BCUT2D eigenvalue weighted by atomic mass is 9.92. The molecule has 1 aliphatic carbocycles. The quantitative estimate of drug-likeness (QED) is 0.806. The van der Waals surface area contributed by atoms with Gasteiger partial charge in [-0.2, -0.15) is 0 Å². The van der Waals surface area contributed by atoms with Gasteiger partial charge in [0, 0.05) is 12.0 Å². The van der Waals surface area contributed by atoms with E-state index in [9.17, 15) is 4.79 Å². The number of hydrogen-bond acceptors (Lipinski definition) is 3. The number of ketones is 1. The first-order chi connectivity index (χ1) is 8.17. The monoisotopic (exact) mass is 231 g/mol. The van der Waals surface area contributed by atoms with Gasteiger partial charge in [-0.15, -0.1) is 0 Å². The number of nitrogens with one attached hydrogen (secondary N) is 1. The molecule has 2 fully saturated rings. The molecule has 2 atom stereocenters. The Labute approximate surface area is 101 Å². The van der Waals surface area contributed by atoms with E-state index >= 15 is 0 Å². The molecule has 0 bridgehead atoms. The van der Waals surface area contributed by atoms with Gasteiger partial charge in [-0.25, -0.2) is 0 Å². The fourth-order valence-electron chi connectivity index (χ4n) is 3.08. The first-order valence-corrected chi connectivity index (χ1v) is 6.07. The molecule has 0 spiro atoms. The van der Waals surface area contributed by atoms with E-state index in [1.807, 2.05) is 12.1 Å². The standard InChI is InChI=1S/C14H17NO2/c1-9(16)12-5-10(3-4-13(12)17-2)14-6-11(14)7-15-8-14/h3-5,11,15H,6-8H2,1-2H3. The van der Waals surface area contributed by atoms with E-state index in [2.05, 4.69) is 11.4 Å². The van der Waals surface area contributed by atoms with E-state index < -0.39 is 0 Å². The third kappa shape index (κ3) is 1.49. The Kier molecular flexibility index (Phi) is 2.26. The zero-order valence-corrected chi connectivity index (χ0v) is 10.2. The highest BCUT2D eigenvalue weighted by atomic mass is 16.5. The van der Waals surface area contributed by atoms with E-state index in [-0.39, 0.29) is 5.78 Å². The van der Waals surface area contributed by atoms with Crippen molar-refractivity contribution >= 4 is 5.78 Å². The van der Waals surface area contributed by atoms with Gasteiger partial charge in [-0.3, -0.25) is 4.79 Å². The Balaban J connectivity index is 2.02. The average Bonchev–Trinajstić information content (AvgIpc) is 2.91. The Morgan fingerprint density at radius 3 is 2.88 bits per heavy atom. The summed E-state index contributed by atoms with van der Waals surface area (Å²) in [4.78, 5) is 11.6. The lowest BCUT2D eigenvalue weighted by Crippen LogP contribution is -2.19. The van der Waals surface area contributed by atoms with Gasteiger partial charge in [0.15, 0.2) is 5.78 Å². The number of piperidine rings is 1. The highest BCUT2D eigenvalue weighted by Crippen LogP contribution is 2.56. The number of Topliss-reactive ketones (excluding diaryl/α,β-unsaturated/α-hetero) is 1. The Bertz CT molecular complexity index is 483. The molecular weight excluding hydrogens is 214 g/mol. The number of carbonyl (C=O) groups excluding carboxylic acids is 1. The van der Waals surface area contributed by atoms with Crippen LogP contribution in [0.15, 0.2) is 18.2 Å². The second kappa shape index (κ2) is 3.57. The number of ether oxygens (including phenoxy) is 1. The van der Waals surface area contributed by atoms with Crippen LogP contribution in [0.3, 0.4) is 0 Å². The van der Waals surface area contributed by atoms with Crippen LogP contribution in [-0.4, -0.2) is 26.0 Å². The maximum absolute atomic E-state index is 11.6. The van der Waals surface area contributed by atoms with E-state index in [4.69, 9.17) is 4.74 Å². The molecule has 1 N–H and O–H groups in total. The van der Waals surface area contributed by atoms with Crippen molar-refractivity contribution in [1.29, 1.82) is 0 Å². The van der Waals surface area contributed by atoms with Gasteiger partial charge in [-0.1, -0.05) is 6.07 Å². The van der Waals surface area contributed by atoms with Crippen molar-refractivity contribution in [3.63, 3.8) is 0 Å². The van der Waals surface area contributed by atoms with Crippen molar-refractivity contribution < 1.29 is 9.53 Å². The molecule has 2 unspecified atom stereocenters. The molecular formula is C14H17NO2. The molecule has 1 heterocycles. The summed E-state index contributed by atoms with van der Waals surface area (Å²) in [5.41, 5.74) is 2.30. The van der Waals surface area contributed by atoms with E-state index in [0.29, 0.717) is 16.7 Å². The molecule has 1 aromatic rings. The van der Waals surface area contributed by atoms with Crippen molar-refractivity contribution in [3.05, 3.63) is 29.3 Å². The zero-order valence-electron chi connectivity index (χ0n) is 10.2. The predicted molar refractivity (Wildman–Crippen MR) is 65.7 cm³/mol. The number of benzene rings is 1. The molecule has 3 rings (SSSR count). The number of carbonyl (C=O) groups is 1. The summed E-state index contributed by atoms with van der Waals surface area (Å²) in [7, 11) is 1.61. The van der Waals surface area contributed by atoms with E-state index in [0.717, 1.165) is 19.0 Å². The minimum Gasteiger partial charge on any atom is -0.496 e. The summed E-state index contributed by atoms with van der Waals surface area (Å²) in [5.74, 6) is 1.51. The highest BCUT2D eigenvalue weighted by Gasteiger charge is 2.58. The lowest BCUT2D eigenvalue weighted by molar-refractivity contribution is 0.101. The maximum Gasteiger partial charge on any atom is 0.163 e. The normalized spacial score (nSPS) is 29.9. The SMILES string of the molecule is COc1ccc(C23CNCC2C3)cc1C(C)=O. The second-order valence-electron chi connectivity index (χ2n) is 5.16. The fourth-order valence-corrected chi connectivity index (χ4v) is 3.08. The van der Waals surface area contributed by atoms with Crippen molar-refractivity contribution in [2.24, 2.45) is 5.92 Å². The van der Waals surface area contributed by atoms with Gasteiger partial charge >= 0.3 is 0 Å². The summed E-state index contributed by atoms with van der Waals surface area (Å²) in [5, 5.41) is 3.42.